The second-order valence-corrected chi connectivity index (χ2v) is 9.92. The molecule has 0 bridgehead atoms. The number of carbonyl (C=O) groups is 1. The van der Waals surface area contributed by atoms with Gasteiger partial charge in [0.2, 0.25) is 0 Å². The van der Waals surface area contributed by atoms with Gasteiger partial charge in [0.25, 0.3) is 5.91 Å². The molecule has 172 valence electrons. The third kappa shape index (κ3) is 6.93. The van der Waals surface area contributed by atoms with Gasteiger partial charge in [0.1, 0.15) is 5.82 Å². The van der Waals surface area contributed by atoms with Crippen LogP contribution < -0.4 is 10.6 Å². The number of allylic oxidation sites excluding steroid dienone is 1. The zero-order valence-corrected chi connectivity index (χ0v) is 19.8. The first-order chi connectivity index (χ1) is 14.7. The molecule has 1 atom stereocenters. The van der Waals surface area contributed by atoms with E-state index in [-0.39, 0.29) is 22.0 Å². The number of likely N-dealkylation sites (tertiary alicyclic amines) is 1. The van der Waals surface area contributed by atoms with E-state index in [1.807, 2.05) is 0 Å². The predicted octanol–water partition coefficient (Wildman–Crippen LogP) is 4.37. The SMILES string of the molecule is COCC(C)(C)NC(=C1CC1)C(C)N1CCC(CNC(=O)c2cc(F)cc(Cl)c2)CC1. The van der Waals surface area contributed by atoms with Gasteiger partial charge in [-0.05, 0) is 89.2 Å². The van der Waals surface area contributed by atoms with Crippen molar-refractivity contribution in [3.05, 3.63) is 45.9 Å². The van der Waals surface area contributed by atoms with Crippen molar-refractivity contribution in [3.63, 3.8) is 0 Å². The third-order valence-electron chi connectivity index (χ3n) is 6.15. The Labute approximate surface area is 190 Å². The van der Waals surface area contributed by atoms with Crippen molar-refractivity contribution in [1.29, 1.82) is 0 Å². The molecule has 1 aliphatic heterocycles. The zero-order chi connectivity index (χ0) is 22.6. The number of methoxy groups -OCH3 is 1. The van der Waals surface area contributed by atoms with Gasteiger partial charge in [-0.3, -0.25) is 9.69 Å². The van der Waals surface area contributed by atoms with Crippen LogP contribution in [0.25, 0.3) is 0 Å². The van der Waals surface area contributed by atoms with Crippen molar-refractivity contribution in [2.75, 3.05) is 33.4 Å². The fraction of sp³-hybridized carbons (Fsp3) is 0.625. The van der Waals surface area contributed by atoms with Gasteiger partial charge in [0, 0.05) is 36.0 Å². The lowest BCUT2D eigenvalue weighted by molar-refractivity contribution is 0.0927. The highest BCUT2D eigenvalue weighted by molar-refractivity contribution is 6.31. The largest absolute Gasteiger partial charge is 0.382 e. The van der Waals surface area contributed by atoms with Gasteiger partial charge in [0.05, 0.1) is 12.1 Å². The molecule has 0 radical (unpaired) electrons. The minimum Gasteiger partial charge on any atom is -0.382 e. The number of piperidine rings is 1. The van der Waals surface area contributed by atoms with E-state index in [1.54, 1.807) is 7.11 Å². The summed E-state index contributed by atoms with van der Waals surface area (Å²) in [6, 6.07) is 4.26. The lowest BCUT2D eigenvalue weighted by atomic mass is 9.94. The van der Waals surface area contributed by atoms with E-state index in [9.17, 15) is 9.18 Å². The molecule has 7 heteroatoms. The van der Waals surface area contributed by atoms with Gasteiger partial charge < -0.3 is 15.4 Å². The first kappa shape index (κ1) is 24.0. The third-order valence-corrected chi connectivity index (χ3v) is 6.37. The smallest absolute Gasteiger partial charge is 0.251 e. The number of halogens is 2. The van der Waals surface area contributed by atoms with E-state index in [4.69, 9.17) is 16.3 Å². The summed E-state index contributed by atoms with van der Waals surface area (Å²) in [4.78, 5) is 14.9. The minimum atomic E-state index is -0.497. The summed E-state index contributed by atoms with van der Waals surface area (Å²) < 4.78 is 18.9. The van der Waals surface area contributed by atoms with Gasteiger partial charge in [-0.15, -0.1) is 0 Å². The van der Waals surface area contributed by atoms with Crippen LogP contribution in [0, 0.1) is 11.7 Å². The molecule has 2 N–H and O–H groups in total. The normalized spacial score (nSPS) is 18.6. The maximum absolute atomic E-state index is 13.5. The standard InChI is InChI=1S/C24H35ClFN3O2/c1-16(22(18-5-6-18)28-24(2,3)15-31-4)29-9-7-17(8-10-29)14-27-23(30)19-11-20(25)13-21(26)12-19/h11-13,16-17,28H,5-10,14-15H2,1-4H3,(H,27,30). The van der Waals surface area contributed by atoms with Gasteiger partial charge in [-0.2, -0.15) is 0 Å². The van der Waals surface area contributed by atoms with Crippen molar-refractivity contribution in [1.82, 2.24) is 15.5 Å². The molecule has 1 aromatic rings. The van der Waals surface area contributed by atoms with E-state index in [0.29, 0.717) is 25.1 Å². The molecule has 0 aromatic heterocycles. The Hall–Kier alpha value is -1.63. The quantitative estimate of drug-likeness (QED) is 0.585. The molecule has 1 heterocycles. The fourth-order valence-electron chi connectivity index (χ4n) is 4.33. The predicted molar refractivity (Wildman–Crippen MR) is 123 cm³/mol. The summed E-state index contributed by atoms with van der Waals surface area (Å²) in [5.74, 6) is -0.350. The molecule has 1 aromatic carbocycles. The number of benzene rings is 1. The number of amides is 1. The summed E-state index contributed by atoms with van der Waals surface area (Å²) in [7, 11) is 1.74. The van der Waals surface area contributed by atoms with Crippen LogP contribution >= 0.6 is 11.6 Å². The summed E-state index contributed by atoms with van der Waals surface area (Å²) in [6.07, 6.45) is 4.42. The summed E-state index contributed by atoms with van der Waals surface area (Å²) in [6.45, 7) is 9.89. The zero-order valence-electron chi connectivity index (χ0n) is 19.1. The van der Waals surface area contributed by atoms with Crippen LogP contribution in [0.4, 0.5) is 4.39 Å². The maximum Gasteiger partial charge on any atom is 0.251 e. The van der Waals surface area contributed by atoms with Gasteiger partial charge in [0.15, 0.2) is 0 Å². The van der Waals surface area contributed by atoms with Crippen molar-refractivity contribution in [2.45, 2.75) is 58.0 Å². The van der Waals surface area contributed by atoms with E-state index < -0.39 is 5.82 Å². The van der Waals surface area contributed by atoms with Gasteiger partial charge in [-0.1, -0.05) is 11.6 Å². The molecule has 31 heavy (non-hydrogen) atoms. The molecule has 1 saturated carbocycles. The number of nitrogens with zero attached hydrogens (tertiary/aromatic N) is 1. The van der Waals surface area contributed by atoms with Crippen LogP contribution in [0.2, 0.25) is 5.02 Å². The highest BCUT2D eigenvalue weighted by atomic mass is 35.5. The number of ether oxygens (including phenoxy) is 1. The molecule has 5 nitrogen and oxygen atoms in total. The monoisotopic (exact) mass is 451 g/mol. The van der Waals surface area contributed by atoms with Crippen molar-refractivity contribution < 1.29 is 13.9 Å². The van der Waals surface area contributed by atoms with Gasteiger partial charge in [-0.25, -0.2) is 4.39 Å². The van der Waals surface area contributed by atoms with Crippen LogP contribution in [0.15, 0.2) is 29.5 Å². The number of hydrogen-bond donors (Lipinski definition) is 2. The molecule has 1 saturated heterocycles. The van der Waals surface area contributed by atoms with Crippen LogP contribution in [0.1, 0.15) is 56.8 Å². The first-order valence-electron chi connectivity index (χ1n) is 11.2. The average Bonchev–Trinajstić information content (AvgIpc) is 3.54. The Morgan fingerprint density at radius 3 is 2.55 bits per heavy atom. The molecule has 1 unspecified atom stereocenters. The summed E-state index contributed by atoms with van der Waals surface area (Å²) >= 11 is 5.86. The lowest BCUT2D eigenvalue weighted by Crippen LogP contribution is -2.50. The minimum absolute atomic E-state index is 0.101. The summed E-state index contributed by atoms with van der Waals surface area (Å²) in [5.41, 5.74) is 3.05. The molecular formula is C24H35ClFN3O2. The van der Waals surface area contributed by atoms with E-state index in [1.165, 1.54) is 42.3 Å². The highest BCUT2D eigenvalue weighted by Gasteiger charge is 2.31. The molecule has 0 spiro atoms. The maximum atomic E-state index is 13.5. The van der Waals surface area contributed by atoms with Crippen LogP contribution in [-0.2, 0) is 4.74 Å². The van der Waals surface area contributed by atoms with Crippen molar-refractivity contribution in [2.24, 2.45) is 5.92 Å². The van der Waals surface area contributed by atoms with E-state index in [2.05, 4.69) is 36.3 Å². The number of hydrogen-bond acceptors (Lipinski definition) is 4. The summed E-state index contributed by atoms with van der Waals surface area (Å²) in [5, 5.41) is 6.92. The fourth-order valence-corrected chi connectivity index (χ4v) is 4.55. The van der Waals surface area contributed by atoms with Crippen LogP contribution in [0.3, 0.4) is 0 Å². The Bertz CT molecular complexity index is 793. The molecule has 2 aliphatic rings. The van der Waals surface area contributed by atoms with Crippen molar-refractivity contribution in [3.8, 4) is 0 Å². The molecular weight excluding hydrogens is 417 g/mol. The van der Waals surface area contributed by atoms with Crippen molar-refractivity contribution >= 4 is 17.5 Å². The molecule has 1 amide bonds. The highest BCUT2D eigenvalue weighted by Crippen LogP contribution is 2.35. The second-order valence-electron chi connectivity index (χ2n) is 9.48. The first-order valence-corrected chi connectivity index (χ1v) is 11.5. The number of carbonyl (C=O) groups excluding carboxylic acids is 1. The number of nitrogens with one attached hydrogen (secondary N) is 2. The van der Waals surface area contributed by atoms with E-state index >= 15 is 0 Å². The molecule has 1 aliphatic carbocycles. The number of rotatable bonds is 9. The van der Waals surface area contributed by atoms with Gasteiger partial charge >= 0.3 is 0 Å². The molecule has 3 rings (SSSR count). The van der Waals surface area contributed by atoms with E-state index in [0.717, 1.165) is 25.9 Å². The second kappa shape index (κ2) is 10.3. The average molecular weight is 452 g/mol. The van der Waals surface area contributed by atoms with Crippen LogP contribution in [0.5, 0.6) is 0 Å². The van der Waals surface area contributed by atoms with Crippen LogP contribution in [-0.4, -0.2) is 55.7 Å². The topological polar surface area (TPSA) is 53.6 Å². The Morgan fingerprint density at radius 1 is 1.29 bits per heavy atom. The molecule has 2 fully saturated rings. The Morgan fingerprint density at radius 2 is 1.97 bits per heavy atom. The lowest BCUT2D eigenvalue weighted by Gasteiger charge is -2.39. The Balaban J connectivity index is 1.49. The Kier molecular flexibility index (Phi) is 8.00.